The molecular formula is C13H16N4O5. The van der Waals surface area contributed by atoms with Crippen LogP contribution in [0.5, 0.6) is 0 Å². The van der Waals surface area contributed by atoms with Gasteiger partial charge in [0.05, 0.1) is 6.61 Å². The third kappa shape index (κ3) is 2.98. The molecule has 9 heteroatoms. The van der Waals surface area contributed by atoms with Crippen LogP contribution in [0.4, 0.5) is 0 Å². The molecule has 1 atom stereocenters. The first-order valence-electron chi connectivity index (χ1n) is 6.45. The number of amides is 1. The van der Waals surface area contributed by atoms with Gasteiger partial charge in [-0.3, -0.25) is 9.20 Å². The summed E-state index contributed by atoms with van der Waals surface area (Å²) in [5, 5.41) is 15.5. The zero-order chi connectivity index (χ0) is 16.3. The van der Waals surface area contributed by atoms with E-state index in [0.29, 0.717) is 5.65 Å². The molecule has 0 aliphatic rings. The molecule has 0 fully saturated rings. The maximum atomic E-state index is 12.0. The van der Waals surface area contributed by atoms with Crippen molar-refractivity contribution in [2.24, 2.45) is 0 Å². The van der Waals surface area contributed by atoms with Crippen LogP contribution in [0.2, 0.25) is 0 Å². The normalized spacial score (nSPS) is 13.7. The standard InChI is InChI=1S/C13H16N4O5/c1-13(8-22-2,11(19)20)14-10(18)7-17-12(21)16-6-4-3-5-9(16)15-17/h3-6H,7-8H2,1-2H3,(H,14,18)(H,19,20). The van der Waals surface area contributed by atoms with E-state index in [4.69, 9.17) is 9.84 Å². The van der Waals surface area contributed by atoms with E-state index in [2.05, 4.69) is 10.4 Å². The predicted molar refractivity (Wildman–Crippen MR) is 75.5 cm³/mol. The Morgan fingerprint density at radius 1 is 1.45 bits per heavy atom. The predicted octanol–water partition coefficient (Wildman–Crippen LogP) is -0.898. The van der Waals surface area contributed by atoms with Gasteiger partial charge in [-0.15, -0.1) is 5.10 Å². The molecule has 9 nitrogen and oxygen atoms in total. The number of carboxylic acids is 1. The van der Waals surface area contributed by atoms with Crippen LogP contribution in [0, 0.1) is 0 Å². The Bertz CT molecular complexity index is 765. The molecule has 2 heterocycles. The summed E-state index contributed by atoms with van der Waals surface area (Å²) in [7, 11) is 1.33. The van der Waals surface area contributed by atoms with Gasteiger partial charge >= 0.3 is 11.7 Å². The van der Waals surface area contributed by atoms with Crippen LogP contribution < -0.4 is 11.0 Å². The maximum absolute atomic E-state index is 12.0. The second kappa shape index (κ2) is 5.98. The van der Waals surface area contributed by atoms with Gasteiger partial charge in [-0.2, -0.15) is 0 Å². The third-order valence-electron chi connectivity index (χ3n) is 3.10. The summed E-state index contributed by atoms with van der Waals surface area (Å²) in [6.07, 6.45) is 1.53. The number of aliphatic carboxylic acids is 1. The van der Waals surface area contributed by atoms with Crippen molar-refractivity contribution >= 4 is 17.5 Å². The van der Waals surface area contributed by atoms with E-state index in [1.807, 2.05) is 0 Å². The molecular weight excluding hydrogens is 292 g/mol. The van der Waals surface area contributed by atoms with E-state index in [0.717, 1.165) is 4.68 Å². The van der Waals surface area contributed by atoms with Gasteiger partial charge in [0.25, 0.3) is 0 Å². The zero-order valence-electron chi connectivity index (χ0n) is 12.1. The minimum absolute atomic E-state index is 0.200. The van der Waals surface area contributed by atoms with Crippen LogP contribution in [0.1, 0.15) is 6.92 Å². The Balaban J connectivity index is 2.19. The molecule has 2 aromatic rings. The number of hydrogen-bond acceptors (Lipinski definition) is 5. The first-order valence-corrected chi connectivity index (χ1v) is 6.45. The van der Waals surface area contributed by atoms with Crippen molar-refractivity contribution < 1.29 is 19.4 Å². The number of fused-ring (bicyclic) bond motifs is 1. The van der Waals surface area contributed by atoms with E-state index >= 15 is 0 Å². The van der Waals surface area contributed by atoms with E-state index < -0.39 is 23.1 Å². The Morgan fingerprint density at radius 2 is 2.18 bits per heavy atom. The number of rotatable bonds is 6. The van der Waals surface area contributed by atoms with Crippen molar-refractivity contribution in [3.63, 3.8) is 0 Å². The molecule has 0 radical (unpaired) electrons. The topological polar surface area (TPSA) is 115 Å². The van der Waals surface area contributed by atoms with Crippen LogP contribution in [0.3, 0.4) is 0 Å². The van der Waals surface area contributed by atoms with E-state index in [1.54, 1.807) is 18.2 Å². The second-order valence-corrected chi connectivity index (χ2v) is 4.99. The molecule has 0 aliphatic carbocycles. The lowest BCUT2D eigenvalue weighted by Crippen LogP contribution is -2.56. The van der Waals surface area contributed by atoms with Crippen LogP contribution in [0.15, 0.2) is 29.2 Å². The fourth-order valence-electron chi connectivity index (χ4n) is 1.99. The molecule has 2 aromatic heterocycles. The molecule has 2 rings (SSSR count). The van der Waals surface area contributed by atoms with E-state index in [1.165, 1.54) is 24.6 Å². The molecule has 0 spiro atoms. The summed E-state index contributed by atoms with van der Waals surface area (Å²) >= 11 is 0. The quantitative estimate of drug-likeness (QED) is 0.715. The van der Waals surface area contributed by atoms with Crippen LogP contribution >= 0.6 is 0 Å². The number of carbonyl (C=O) groups excluding carboxylic acids is 1. The average molecular weight is 308 g/mol. The minimum atomic E-state index is -1.57. The molecule has 1 amide bonds. The summed E-state index contributed by atoms with van der Waals surface area (Å²) in [6.45, 7) is 0.740. The number of aromatic nitrogens is 3. The van der Waals surface area contributed by atoms with Crippen LogP contribution in [-0.4, -0.2) is 50.4 Å². The average Bonchev–Trinajstić information content (AvgIpc) is 2.76. The Morgan fingerprint density at radius 3 is 2.77 bits per heavy atom. The monoisotopic (exact) mass is 308 g/mol. The Kier molecular flexibility index (Phi) is 4.27. The number of nitrogens with zero attached hydrogens (tertiary/aromatic N) is 3. The number of nitrogens with one attached hydrogen (secondary N) is 1. The highest BCUT2D eigenvalue weighted by Gasteiger charge is 2.35. The largest absolute Gasteiger partial charge is 0.479 e. The summed E-state index contributed by atoms with van der Waals surface area (Å²) in [5.74, 6) is -1.88. The number of ether oxygens (including phenoxy) is 1. The second-order valence-electron chi connectivity index (χ2n) is 4.99. The maximum Gasteiger partial charge on any atom is 0.350 e. The number of hydrogen-bond donors (Lipinski definition) is 2. The van der Waals surface area contributed by atoms with Crippen LogP contribution in [0.25, 0.3) is 5.65 Å². The molecule has 1 unspecified atom stereocenters. The fourth-order valence-corrected chi connectivity index (χ4v) is 1.99. The van der Waals surface area contributed by atoms with Crippen molar-refractivity contribution in [1.82, 2.24) is 19.5 Å². The molecule has 22 heavy (non-hydrogen) atoms. The van der Waals surface area contributed by atoms with Gasteiger partial charge in [0.2, 0.25) is 5.91 Å². The Hall–Kier alpha value is -2.68. The summed E-state index contributed by atoms with van der Waals surface area (Å²) in [4.78, 5) is 35.3. The Labute approximate surface area is 125 Å². The third-order valence-corrected chi connectivity index (χ3v) is 3.10. The number of pyridine rings is 1. The first kappa shape index (κ1) is 15.7. The summed E-state index contributed by atoms with van der Waals surface area (Å²) in [5.41, 5.74) is -1.65. The van der Waals surface area contributed by atoms with Gasteiger partial charge in [-0.1, -0.05) is 6.07 Å². The molecule has 0 aromatic carbocycles. The summed E-state index contributed by atoms with van der Waals surface area (Å²) in [6, 6.07) is 5.01. The van der Waals surface area contributed by atoms with E-state index in [9.17, 15) is 14.4 Å². The van der Waals surface area contributed by atoms with Gasteiger partial charge in [0.15, 0.2) is 11.2 Å². The fraction of sp³-hybridized carbons (Fsp3) is 0.385. The lowest BCUT2D eigenvalue weighted by molar-refractivity contribution is -0.149. The lowest BCUT2D eigenvalue weighted by Gasteiger charge is -2.25. The van der Waals surface area contributed by atoms with Gasteiger partial charge < -0.3 is 15.2 Å². The molecule has 2 N–H and O–H groups in total. The number of carboxylic acid groups (broad SMARTS) is 1. The van der Waals surface area contributed by atoms with Gasteiger partial charge in [0, 0.05) is 13.3 Å². The van der Waals surface area contributed by atoms with Crippen molar-refractivity contribution in [1.29, 1.82) is 0 Å². The molecule has 0 saturated heterocycles. The van der Waals surface area contributed by atoms with Crippen molar-refractivity contribution in [2.45, 2.75) is 19.0 Å². The highest BCUT2D eigenvalue weighted by atomic mass is 16.5. The van der Waals surface area contributed by atoms with Gasteiger partial charge in [0.1, 0.15) is 6.54 Å². The first-order chi connectivity index (χ1) is 10.4. The SMILES string of the molecule is COCC(C)(NC(=O)Cn1nc2ccccn2c1=O)C(=O)O. The molecule has 0 saturated carbocycles. The molecule has 118 valence electrons. The number of carbonyl (C=O) groups is 2. The van der Waals surface area contributed by atoms with Crippen molar-refractivity contribution in [2.75, 3.05) is 13.7 Å². The smallest absolute Gasteiger partial charge is 0.350 e. The highest BCUT2D eigenvalue weighted by Crippen LogP contribution is 2.05. The highest BCUT2D eigenvalue weighted by molar-refractivity contribution is 5.86. The van der Waals surface area contributed by atoms with E-state index in [-0.39, 0.29) is 13.2 Å². The molecule has 0 bridgehead atoms. The van der Waals surface area contributed by atoms with Crippen molar-refractivity contribution in [3.05, 3.63) is 34.9 Å². The zero-order valence-corrected chi connectivity index (χ0v) is 12.1. The summed E-state index contributed by atoms with van der Waals surface area (Å²) < 4.78 is 7.07. The molecule has 0 aliphatic heterocycles. The van der Waals surface area contributed by atoms with Gasteiger partial charge in [-0.25, -0.2) is 14.3 Å². The van der Waals surface area contributed by atoms with Gasteiger partial charge in [-0.05, 0) is 19.1 Å². The lowest BCUT2D eigenvalue weighted by atomic mass is 10.0. The van der Waals surface area contributed by atoms with Crippen molar-refractivity contribution in [3.8, 4) is 0 Å². The number of methoxy groups -OCH3 is 1. The minimum Gasteiger partial charge on any atom is -0.479 e. The van der Waals surface area contributed by atoms with Crippen LogP contribution in [-0.2, 0) is 20.9 Å².